The highest BCUT2D eigenvalue weighted by molar-refractivity contribution is 8.76. The molecule has 0 aliphatic heterocycles. The SMILES string of the molecule is CC(C)Cc1ccc(SSc2ccccn2)nc1. The number of rotatable bonds is 5. The smallest absolute Gasteiger partial charge is 0.107 e. The van der Waals surface area contributed by atoms with Crippen LogP contribution in [0.2, 0.25) is 0 Å². The van der Waals surface area contributed by atoms with Crippen LogP contribution in [-0.4, -0.2) is 9.97 Å². The van der Waals surface area contributed by atoms with Gasteiger partial charge in [0.15, 0.2) is 0 Å². The van der Waals surface area contributed by atoms with E-state index in [1.54, 1.807) is 21.6 Å². The third-order valence-corrected chi connectivity index (χ3v) is 4.47. The Morgan fingerprint density at radius 1 is 1.00 bits per heavy atom. The van der Waals surface area contributed by atoms with Gasteiger partial charge in [0.05, 0.1) is 0 Å². The predicted octanol–water partition coefficient (Wildman–Crippen LogP) is 4.47. The molecule has 0 aliphatic carbocycles. The lowest BCUT2D eigenvalue weighted by atomic mass is 10.1. The number of nitrogens with zero attached hydrogens (tertiary/aromatic N) is 2. The highest BCUT2D eigenvalue weighted by atomic mass is 33.1. The van der Waals surface area contributed by atoms with Crippen molar-refractivity contribution in [1.82, 2.24) is 9.97 Å². The second-order valence-corrected chi connectivity index (χ2v) is 6.61. The molecule has 0 amide bonds. The summed E-state index contributed by atoms with van der Waals surface area (Å²) in [6, 6.07) is 10.2. The monoisotopic (exact) mass is 276 g/mol. The van der Waals surface area contributed by atoms with Crippen molar-refractivity contribution in [3.63, 3.8) is 0 Å². The van der Waals surface area contributed by atoms with Gasteiger partial charge in [-0.05, 0) is 57.7 Å². The van der Waals surface area contributed by atoms with Gasteiger partial charge in [-0.3, -0.25) is 0 Å². The zero-order valence-corrected chi connectivity index (χ0v) is 12.2. The van der Waals surface area contributed by atoms with Crippen LogP contribution in [0.5, 0.6) is 0 Å². The molecular formula is C14H16N2S2. The van der Waals surface area contributed by atoms with Crippen molar-refractivity contribution in [2.24, 2.45) is 5.92 Å². The second-order valence-electron chi connectivity index (χ2n) is 4.44. The van der Waals surface area contributed by atoms with Crippen LogP contribution >= 0.6 is 21.6 Å². The summed E-state index contributed by atoms with van der Waals surface area (Å²) in [5.74, 6) is 0.674. The molecule has 0 radical (unpaired) electrons. The van der Waals surface area contributed by atoms with Crippen LogP contribution in [0.1, 0.15) is 19.4 Å². The molecule has 0 fully saturated rings. The van der Waals surface area contributed by atoms with Crippen LogP contribution in [0.15, 0.2) is 52.8 Å². The lowest BCUT2D eigenvalue weighted by Crippen LogP contribution is -1.94. The Balaban J connectivity index is 1.90. The minimum Gasteiger partial charge on any atom is -0.249 e. The maximum Gasteiger partial charge on any atom is 0.107 e. The molecule has 18 heavy (non-hydrogen) atoms. The molecule has 0 bridgehead atoms. The summed E-state index contributed by atoms with van der Waals surface area (Å²) >= 11 is 0. The van der Waals surface area contributed by atoms with Gasteiger partial charge in [-0.25, -0.2) is 9.97 Å². The predicted molar refractivity (Wildman–Crippen MR) is 78.7 cm³/mol. The summed E-state index contributed by atoms with van der Waals surface area (Å²) in [6.45, 7) is 4.44. The summed E-state index contributed by atoms with van der Waals surface area (Å²) in [4.78, 5) is 8.73. The van der Waals surface area contributed by atoms with E-state index < -0.39 is 0 Å². The van der Waals surface area contributed by atoms with Gasteiger partial charge in [0, 0.05) is 12.4 Å². The number of hydrogen-bond acceptors (Lipinski definition) is 4. The maximum absolute atomic E-state index is 4.46. The first kappa shape index (κ1) is 13.4. The topological polar surface area (TPSA) is 25.8 Å². The Labute approximate surface area is 116 Å². The zero-order valence-electron chi connectivity index (χ0n) is 10.5. The summed E-state index contributed by atoms with van der Waals surface area (Å²) in [7, 11) is 3.28. The first-order chi connectivity index (χ1) is 8.74. The van der Waals surface area contributed by atoms with Gasteiger partial charge in [0.2, 0.25) is 0 Å². The van der Waals surface area contributed by atoms with E-state index >= 15 is 0 Å². The molecule has 0 spiro atoms. The summed E-state index contributed by atoms with van der Waals surface area (Å²) in [5, 5.41) is 2.04. The molecule has 0 N–H and O–H groups in total. The van der Waals surface area contributed by atoms with E-state index in [2.05, 4.69) is 35.9 Å². The molecule has 0 unspecified atom stereocenters. The molecule has 0 atom stereocenters. The molecule has 0 saturated heterocycles. The van der Waals surface area contributed by atoms with Crippen LogP contribution in [-0.2, 0) is 6.42 Å². The fraction of sp³-hybridized carbons (Fsp3) is 0.286. The van der Waals surface area contributed by atoms with E-state index in [-0.39, 0.29) is 0 Å². The maximum atomic E-state index is 4.46. The van der Waals surface area contributed by atoms with Crippen molar-refractivity contribution in [3.05, 3.63) is 48.3 Å². The van der Waals surface area contributed by atoms with Crippen molar-refractivity contribution in [1.29, 1.82) is 0 Å². The Morgan fingerprint density at radius 2 is 1.78 bits per heavy atom. The molecule has 2 nitrogen and oxygen atoms in total. The first-order valence-electron chi connectivity index (χ1n) is 5.94. The van der Waals surface area contributed by atoms with Gasteiger partial charge in [0.1, 0.15) is 10.1 Å². The van der Waals surface area contributed by atoms with Gasteiger partial charge in [-0.1, -0.05) is 26.0 Å². The van der Waals surface area contributed by atoms with Gasteiger partial charge in [-0.2, -0.15) is 0 Å². The van der Waals surface area contributed by atoms with Crippen molar-refractivity contribution in [2.45, 2.75) is 30.3 Å². The average molecular weight is 276 g/mol. The van der Waals surface area contributed by atoms with Gasteiger partial charge < -0.3 is 0 Å². The quantitative estimate of drug-likeness (QED) is 0.752. The van der Waals surface area contributed by atoms with Crippen LogP contribution in [0.25, 0.3) is 0 Å². The lowest BCUT2D eigenvalue weighted by Gasteiger charge is -2.05. The number of pyridine rings is 2. The molecule has 94 valence electrons. The summed E-state index contributed by atoms with van der Waals surface area (Å²) < 4.78 is 0. The van der Waals surface area contributed by atoms with Gasteiger partial charge in [-0.15, -0.1) is 0 Å². The average Bonchev–Trinajstić information content (AvgIpc) is 2.38. The summed E-state index contributed by atoms with van der Waals surface area (Å²) in [6.07, 6.45) is 4.87. The minimum absolute atomic E-state index is 0.674. The largest absolute Gasteiger partial charge is 0.249 e. The van der Waals surface area contributed by atoms with Crippen LogP contribution in [0.4, 0.5) is 0 Å². The second kappa shape index (κ2) is 6.81. The molecule has 2 aromatic heterocycles. The van der Waals surface area contributed by atoms with Crippen LogP contribution < -0.4 is 0 Å². The molecule has 4 heteroatoms. The highest BCUT2D eigenvalue weighted by Gasteiger charge is 2.01. The molecule has 0 saturated carbocycles. The molecular weight excluding hydrogens is 260 g/mol. The zero-order chi connectivity index (χ0) is 12.8. The van der Waals surface area contributed by atoms with Crippen LogP contribution in [0, 0.1) is 5.92 Å². The van der Waals surface area contributed by atoms with E-state index in [1.807, 2.05) is 30.6 Å². The molecule has 0 aromatic carbocycles. The third-order valence-electron chi connectivity index (χ3n) is 2.29. The Kier molecular flexibility index (Phi) is 5.08. The molecule has 2 heterocycles. The molecule has 0 aliphatic rings. The van der Waals surface area contributed by atoms with Crippen molar-refractivity contribution >= 4 is 21.6 Å². The van der Waals surface area contributed by atoms with Crippen molar-refractivity contribution < 1.29 is 0 Å². The Morgan fingerprint density at radius 3 is 2.33 bits per heavy atom. The van der Waals surface area contributed by atoms with E-state index in [0.717, 1.165) is 16.5 Å². The fourth-order valence-corrected chi connectivity index (χ4v) is 3.27. The van der Waals surface area contributed by atoms with E-state index in [4.69, 9.17) is 0 Å². The third kappa shape index (κ3) is 4.35. The standard InChI is InChI=1S/C14H16N2S2/c1-11(2)9-12-6-7-14(16-10-12)18-17-13-5-3-4-8-15-13/h3-8,10-11H,9H2,1-2H3. The minimum atomic E-state index is 0.674. The fourth-order valence-electron chi connectivity index (χ4n) is 1.53. The number of hydrogen-bond donors (Lipinski definition) is 0. The van der Waals surface area contributed by atoms with Crippen LogP contribution in [0.3, 0.4) is 0 Å². The molecule has 2 rings (SSSR count). The Bertz CT molecular complexity index is 469. The van der Waals surface area contributed by atoms with Crippen molar-refractivity contribution in [3.8, 4) is 0 Å². The normalized spacial score (nSPS) is 10.8. The van der Waals surface area contributed by atoms with E-state index in [9.17, 15) is 0 Å². The van der Waals surface area contributed by atoms with Crippen molar-refractivity contribution in [2.75, 3.05) is 0 Å². The lowest BCUT2D eigenvalue weighted by molar-refractivity contribution is 0.645. The Hall–Kier alpha value is -1.00. The van der Waals surface area contributed by atoms with E-state index in [1.165, 1.54) is 5.56 Å². The van der Waals surface area contributed by atoms with E-state index in [0.29, 0.717) is 5.92 Å². The van der Waals surface area contributed by atoms with Gasteiger partial charge in [0.25, 0.3) is 0 Å². The molecule has 2 aromatic rings. The summed E-state index contributed by atoms with van der Waals surface area (Å²) in [5.41, 5.74) is 1.30. The first-order valence-corrected chi connectivity index (χ1v) is 8.09. The van der Waals surface area contributed by atoms with Gasteiger partial charge >= 0.3 is 0 Å². The highest BCUT2D eigenvalue weighted by Crippen LogP contribution is 2.34. The number of aromatic nitrogens is 2.